The van der Waals surface area contributed by atoms with Gasteiger partial charge in [0.25, 0.3) is 5.91 Å². The minimum Gasteiger partial charge on any atom is -0.399 e. The zero-order valence-electron chi connectivity index (χ0n) is 11.8. The molecule has 2 N–H and O–H groups in total. The molecule has 0 saturated carbocycles. The van der Waals surface area contributed by atoms with E-state index in [1.165, 1.54) is 17.0 Å². The van der Waals surface area contributed by atoms with Crippen molar-refractivity contribution in [1.82, 2.24) is 4.90 Å². The molecule has 0 radical (unpaired) electrons. The predicted molar refractivity (Wildman–Crippen MR) is 82.8 cm³/mol. The van der Waals surface area contributed by atoms with Crippen molar-refractivity contribution in [3.8, 4) is 0 Å². The number of benzene rings is 2. The summed E-state index contributed by atoms with van der Waals surface area (Å²) in [5.74, 6) is -1.12. The van der Waals surface area contributed by atoms with Crippen LogP contribution in [-0.2, 0) is 0 Å². The lowest BCUT2D eigenvalue weighted by Gasteiger charge is -2.26. The molecule has 0 heterocycles. The van der Waals surface area contributed by atoms with Crippen molar-refractivity contribution in [2.75, 3.05) is 12.8 Å². The number of amides is 1. The molecule has 2 aromatic rings. The summed E-state index contributed by atoms with van der Waals surface area (Å²) in [5, 5.41) is -0.0640. The Morgan fingerprint density at radius 1 is 1.29 bits per heavy atom. The number of carbonyl (C=O) groups is 1. The Hall–Kier alpha value is -2.07. The first-order chi connectivity index (χ1) is 9.91. The van der Waals surface area contributed by atoms with Gasteiger partial charge in [0.2, 0.25) is 0 Å². The summed E-state index contributed by atoms with van der Waals surface area (Å²) in [6.45, 7) is 1.86. The van der Waals surface area contributed by atoms with Crippen LogP contribution in [0.25, 0.3) is 0 Å². The number of nitrogens with zero attached hydrogens (tertiary/aromatic N) is 1. The van der Waals surface area contributed by atoms with Crippen molar-refractivity contribution < 1.29 is 9.18 Å². The Morgan fingerprint density at radius 3 is 2.62 bits per heavy atom. The average molecular weight is 307 g/mol. The lowest BCUT2D eigenvalue weighted by molar-refractivity contribution is 0.0738. The smallest absolute Gasteiger partial charge is 0.257 e. The number of rotatable bonds is 3. The van der Waals surface area contributed by atoms with Gasteiger partial charge in [0.05, 0.1) is 16.6 Å². The summed E-state index contributed by atoms with van der Waals surface area (Å²) in [6, 6.07) is 11.4. The van der Waals surface area contributed by atoms with Crippen LogP contribution in [0.5, 0.6) is 0 Å². The van der Waals surface area contributed by atoms with Crippen molar-refractivity contribution >= 4 is 23.2 Å². The molecule has 0 aliphatic heterocycles. The van der Waals surface area contributed by atoms with Crippen LogP contribution >= 0.6 is 11.6 Å². The zero-order chi connectivity index (χ0) is 15.6. The molecule has 1 atom stereocenters. The van der Waals surface area contributed by atoms with Crippen LogP contribution < -0.4 is 5.73 Å². The summed E-state index contributed by atoms with van der Waals surface area (Å²) in [7, 11) is 1.62. The third-order valence-corrected chi connectivity index (χ3v) is 3.77. The number of carbonyl (C=O) groups excluding carboxylic acids is 1. The molecular formula is C16H16ClFN2O. The molecule has 0 spiro atoms. The van der Waals surface area contributed by atoms with Gasteiger partial charge in [0.15, 0.2) is 5.82 Å². The number of anilines is 1. The molecule has 1 unspecified atom stereocenters. The van der Waals surface area contributed by atoms with Gasteiger partial charge in [-0.2, -0.15) is 0 Å². The molecule has 0 aliphatic carbocycles. The van der Waals surface area contributed by atoms with E-state index >= 15 is 0 Å². The highest BCUT2D eigenvalue weighted by molar-refractivity contribution is 6.31. The van der Waals surface area contributed by atoms with Crippen LogP contribution in [0.15, 0.2) is 42.5 Å². The van der Waals surface area contributed by atoms with Crippen molar-refractivity contribution in [2.45, 2.75) is 13.0 Å². The summed E-state index contributed by atoms with van der Waals surface area (Å²) >= 11 is 5.72. The Morgan fingerprint density at radius 2 is 1.95 bits per heavy atom. The molecular weight excluding hydrogens is 291 g/mol. The first-order valence-electron chi connectivity index (χ1n) is 6.48. The second kappa shape index (κ2) is 6.14. The van der Waals surface area contributed by atoms with Gasteiger partial charge in [-0.25, -0.2) is 4.39 Å². The largest absolute Gasteiger partial charge is 0.399 e. The highest BCUT2D eigenvalue weighted by Gasteiger charge is 2.22. The topological polar surface area (TPSA) is 46.3 Å². The van der Waals surface area contributed by atoms with Gasteiger partial charge < -0.3 is 10.6 Å². The Bertz CT molecular complexity index is 675. The zero-order valence-corrected chi connectivity index (χ0v) is 12.6. The maximum absolute atomic E-state index is 13.9. The van der Waals surface area contributed by atoms with Gasteiger partial charge in [0.1, 0.15) is 0 Å². The van der Waals surface area contributed by atoms with Crippen LogP contribution in [0.1, 0.15) is 28.9 Å². The van der Waals surface area contributed by atoms with E-state index in [0.29, 0.717) is 5.69 Å². The van der Waals surface area contributed by atoms with E-state index < -0.39 is 11.7 Å². The van der Waals surface area contributed by atoms with E-state index in [0.717, 1.165) is 5.56 Å². The van der Waals surface area contributed by atoms with Gasteiger partial charge in [0, 0.05) is 12.7 Å². The molecule has 0 aromatic heterocycles. The molecule has 0 bridgehead atoms. The standard InChI is InChI=1S/C16H16ClFN2O/c1-10(11-5-3-6-12(19)9-11)20(2)16(21)13-7-4-8-14(17)15(13)18/h3-10H,19H2,1-2H3. The number of hydrogen-bond donors (Lipinski definition) is 1. The second-order valence-electron chi connectivity index (χ2n) is 4.86. The first kappa shape index (κ1) is 15.3. The van der Waals surface area contributed by atoms with Gasteiger partial charge in [-0.15, -0.1) is 0 Å². The normalized spacial score (nSPS) is 12.0. The third-order valence-electron chi connectivity index (χ3n) is 3.48. The maximum Gasteiger partial charge on any atom is 0.257 e. The fraction of sp³-hybridized carbons (Fsp3) is 0.188. The van der Waals surface area contributed by atoms with Gasteiger partial charge in [-0.1, -0.05) is 29.8 Å². The quantitative estimate of drug-likeness (QED) is 0.874. The number of halogens is 2. The molecule has 0 saturated heterocycles. The second-order valence-corrected chi connectivity index (χ2v) is 5.27. The van der Waals surface area contributed by atoms with Gasteiger partial charge in [-0.05, 0) is 36.8 Å². The Balaban J connectivity index is 2.29. The van der Waals surface area contributed by atoms with E-state index in [1.807, 2.05) is 19.1 Å². The highest BCUT2D eigenvalue weighted by atomic mass is 35.5. The van der Waals surface area contributed by atoms with E-state index in [2.05, 4.69) is 0 Å². The summed E-state index contributed by atoms with van der Waals surface area (Å²) in [6.07, 6.45) is 0. The van der Waals surface area contributed by atoms with Crippen LogP contribution in [0.4, 0.5) is 10.1 Å². The average Bonchev–Trinajstić information content (AvgIpc) is 2.48. The minimum atomic E-state index is -0.698. The Kier molecular flexibility index (Phi) is 4.48. The fourth-order valence-corrected chi connectivity index (χ4v) is 2.25. The number of nitrogen functional groups attached to an aromatic ring is 1. The van der Waals surface area contributed by atoms with Crippen LogP contribution in [0.2, 0.25) is 5.02 Å². The van der Waals surface area contributed by atoms with E-state index in [-0.39, 0.29) is 16.6 Å². The maximum atomic E-state index is 13.9. The third kappa shape index (κ3) is 3.16. The SMILES string of the molecule is CC(c1cccc(N)c1)N(C)C(=O)c1cccc(Cl)c1F. The van der Waals surface area contributed by atoms with E-state index in [1.54, 1.807) is 25.2 Å². The molecule has 0 fully saturated rings. The molecule has 5 heteroatoms. The molecule has 1 amide bonds. The van der Waals surface area contributed by atoms with Crippen molar-refractivity contribution in [3.05, 3.63) is 64.4 Å². The lowest BCUT2D eigenvalue weighted by Crippen LogP contribution is -2.30. The van der Waals surface area contributed by atoms with Crippen molar-refractivity contribution in [2.24, 2.45) is 0 Å². The minimum absolute atomic E-state index is 0.0410. The lowest BCUT2D eigenvalue weighted by atomic mass is 10.1. The molecule has 21 heavy (non-hydrogen) atoms. The van der Waals surface area contributed by atoms with Crippen molar-refractivity contribution in [1.29, 1.82) is 0 Å². The molecule has 110 valence electrons. The fourth-order valence-electron chi connectivity index (χ4n) is 2.08. The molecule has 2 aromatic carbocycles. The predicted octanol–water partition coefficient (Wildman–Crippen LogP) is 3.89. The number of hydrogen-bond acceptors (Lipinski definition) is 2. The van der Waals surface area contributed by atoms with Crippen molar-refractivity contribution in [3.63, 3.8) is 0 Å². The van der Waals surface area contributed by atoms with Crippen LogP contribution in [-0.4, -0.2) is 17.9 Å². The summed E-state index contributed by atoms with van der Waals surface area (Å²) in [5.41, 5.74) is 7.21. The molecule has 2 rings (SSSR count). The van der Waals surface area contributed by atoms with E-state index in [4.69, 9.17) is 17.3 Å². The van der Waals surface area contributed by atoms with Crippen LogP contribution in [0, 0.1) is 5.82 Å². The summed E-state index contributed by atoms with van der Waals surface area (Å²) in [4.78, 5) is 13.9. The first-order valence-corrected chi connectivity index (χ1v) is 6.86. The van der Waals surface area contributed by atoms with Gasteiger partial charge >= 0.3 is 0 Å². The summed E-state index contributed by atoms with van der Waals surface area (Å²) < 4.78 is 13.9. The Labute approximate surface area is 128 Å². The molecule has 3 nitrogen and oxygen atoms in total. The highest BCUT2D eigenvalue weighted by Crippen LogP contribution is 2.25. The number of nitrogens with two attached hydrogens (primary N) is 1. The van der Waals surface area contributed by atoms with Crippen LogP contribution in [0.3, 0.4) is 0 Å². The monoisotopic (exact) mass is 306 g/mol. The van der Waals surface area contributed by atoms with Gasteiger partial charge in [-0.3, -0.25) is 4.79 Å². The van der Waals surface area contributed by atoms with E-state index in [9.17, 15) is 9.18 Å². The molecule has 0 aliphatic rings.